The molecule has 2 aromatic rings. The van der Waals surface area contributed by atoms with E-state index in [4.69, 9.17) is 5.11 Å². The van der Waals surface area contributed by atoms with E-state index in [1.165, 1.54) is 16.6 Å². The minimum absolute atomic E-state index is 0.0400. The van der Waals surface area contributed by atoms with Gasteiger partial charge in [0.15, 0.2) is 4.93 Å². The monoisotopic (exact) mass is 287 g/mol. The molecule has 1 aromatic carbocycles. The van der Waals surface area contributed by atoms with Crippen molar-refractivity contribution in [2.45, 2.75) is 16.6 Å². The van der Waals surface area contributed by atoms with Gasteiger partial charge in [-0.3, -0.25) is 0 Å². The Hall–Kier alpha value is -1.63. The van der Waals surface area contributed by atoms with Gasteiger partial charge in [0.25, 0.3) is 0 Å². The van der Waals surface area contributed by atoms with Gasteiger partial charge in [0.2, 0.25) is 0 Å². The summed E-state index contributed by atoms with van der Waals surface area (Å²) in [6, 6.07) is 7.62. The Labute approximate surface area is 119 Å². The van der Waals surface area contributed by atoms with Crippen LogP contribution in [0.15, 0.2) is 42.0 Å². The van der Waals surface area contributed by atoms with Crippen molar-refractivity contribution in [1.29, 1.82) is 0 Å². The molecule has 5 nitrogen and oxygen atoms in total. The summed E-state index contributed by atoms with van der Waals surface area (Å²) in [6.45, 7) is 0.0972. The molecular formula is C14H13N3O2S. The second-order valence-electron chi connectivity index (χ2n) is 4.96. The van der Waals surface area contributed by atoms with Crippen molar-refractivity contribution in [3.63, 3.8) is 0 Å². The first-order valence-electron chi connectivity index (χ1n) is 6.47. The van der Waals surface area contributed by atoms with E-state index in [9.17, 15) is 5.11 Å². The zero-order chi connectivity index (χ0) is 13.7. The van der Waals surface area contributed by atoms with Gasteiger partial charge in [0.1, 0.15) is 16.7 Å². The van der Waals surface area contributed by atoms with Crippen LogP contribution in [0.4, 0.5) is 0 Å². The summed E-state index contributed by atoms with van der Waals surface area (Å²) in [6.07, 6.45) is 4.47. The lowest BCUT2D eigenvalue weighted by atomic mass is 10.00. The fourth-order valence-corrected chi connectivity index (χ4v) is 3.50. The van der Waals surface area contributed by atoms with Gasteiger partial charge in [-0.2, -0.15) is 4.80 Å². The number of aliphatic hydroxyl groups is 2. The lowest BCUT2D eigenvalue weighted by molar-refractivity contribution is 0.227. The van der Waals surface area contributed by atoms with Crippen molar-refractivity contribution >= 4 is 28.5 Å². The van der Waals surface area contributed by atoms with Crippen molar-refractivity contribution in [2.75, 3.05) is 6.61 Å². The zero-order valence-electron chi connectivity index (χ0n) is 10.6. The maximum absolute atomic E-state index is 10.6. The average Bonchev–Trinajstić information content (AvgIpc) is 2.94. The molecule has 0 saturated carbocycles. The van der Waals surface area contributed by atoms with Crippen LogP contribution in [-0.2, 0) is 0 Å². The summed E-state index contributed by atoms with van der Waals surface area (Å²) >= 11 is 1.47. The normalized spacial score (nSPS) is 28.0. The van der Waals surface area contributed by atoms with Crippen LogP contribution in [0.25, 0.3) is 16.7 Å². The molecular weight excluding hydrogens is 274 g/mol. The van der Waals surface area contributed by atoms with E-state index in [0.717, 1.165) is 16.6 Å². The van der Waals surface area contributed by atoms with E-state index in [2.05, 4.69) is 10.2 Å². The van der Waals surface area contributed by atoms with Crippen molar-refractivity contribution in [3.8, 4) is 0 Å². The third-order valence-corrected chi connectivity index (χ3v) is 4.89. The smallest absolute Gasteiger partial charge is 0.170 e. The number of nitrogens with zero attached hydrogens (tertiary/aromatic N) is 3. The van der Waals surface area contributed by atoms with Gasteiger partial charge >= 0.3 is 0 Å². The molecule has 0 radical (unpaired) electrons. The van der Waals surface area contributed by atoms with Crippen LogP contribution < -0.4 is 0 Å². The molecule has 4 rings (SSSR count). The number of rotatable bonds is 3. The third-order valence-electron chi connectivity index (χ3n) is 3.59. The van der Waals surface area contributed by atoms with Crippen molar-refractivity contribution < 1.29 is 10.2 Å². The second-order valence-corrected chi connectivity index (χ2v) is 6.32. The van der Waals surface area contributed by atoms with Gasteiger partial charge in [0.05, 0.1) is 5.25 Å². The van der Waals surface area contributed by atoms with Crippen LogP contribution in [-0.4, -0.2) is 42.0 Å². The van der Waals surface area contributed by atoms with E-state index < -0.39 is 4.93 Å². The van der Waals surface area contributed by atoms with E-state index in [1.54, 1.807) is 0 Å². The molecule has 20 heavy (non-hydrogen) atoms. The molecule has 2 N–H and O–H groups in total. The summed E-state index contributed by atoms with van der Waals surface area (Å²) in [7, 11) is 0. The molecule has 1 aliphatic heterocycles. The van der Waals surface area contributed by atoms with Gasteiger partial charge in [0, 0.05) is 6.61 Å². The molecule has 1 saturated heterocycles. The minimum Gasteiger partial charge on any atom is -0.396 e. The number of thioether (sulfide) groups is 1. The first-order valence-corrected chi connectivity index (χ1v) is 7.35. The Bertz CT molecular complexity index is 719. The molecule has 6 heteroatoms. The molecule has 1 aliphatic carbocycles. The van der Waals surface area contributed by atoms with E-state index in [0.29, 0.717) is 12.1 Å². The Morgan fingerprint density at radius 1 is 1.25 bits per heavy atom. The molecule has 0 spiro atoms. The minimum atomic E-state index is -0.923. The fraction of sp³-hybridized carbons (Fsp3) is 0.286. The Morgan fingerprint density at radius 3 is 2.60 bits per heavy atom. The summed E-state index contributed by atoms with van der Waals surface area (Å²) in [5.74, 6) is 0. The second kappa shape index (κ2) is 4.18. The zero-order valence-corrected chi connectivity index (χ0v) is 11.4. The first kappa shape index (κ1) is 12.1. The van der Waals surface area contributed by atoms with Crippen molar-refractivity contribution in [3.05, 3.63) is 42.0 Å². The maximum Gasteiger partial charge on any atom is 0.170 e. The molecule has 1 aromatic heterocycles. The predicted octanol–water partition coefficient (Wildman–Crippen LogP) is 1.40. The quantitative estimate of drug-likeness (QED) is 0.835. The summed E-state index contributed by atoms with van der Waals surface area (Å²) in [5, 5.41) is 28.5. The third kappa shape index (κ3) is 1.72. The number of hydrogen-bond acceptors (Lipinski definition) is 5. The SMILES string of the molecule is OCCC1=CC2SC2(O)C(n2nc3ccccc3n2)=C1. The molecule has 2 unspecified atom stereocenters. The molecule has 2 heterocycles. The number of aromatic nitrogens is 3. The largest absolute Gasteiger partial charge is 0.396 e. The molecule has 0 amide bonds. The van der Waals surface area contributed by atoms with Crippen LogP contribution in [0.5, 0.6) is 0 Å². The standard InChI is InChI=1S/C14H13N3O2S/c18-6-5-9-7-12(14(19)13(8-9)20-14)17-15-10-3-1-2-4-11(10)16-17/h1-4,7-8,13,18-19H,5-6H2. The maximum atomic E-state index is 10.6. The number of benzene rings is 1. The average molecular weight is 287 g/mol. The first-order chi connectivity index (χ1) is 9.70. The topological polar surface area (TPSA) is 71.2 Å². The summed E-state index contributed by atoms with van der Waals surface area (Å²) in [4.78, 5) is 0.593. The van der Waals surface area contributed by atoms with Gasteiger partial charge in [-0.05, 0) is 30.2 Å². The highest BCUT2D eigenvalue weighted by Crippen LogP contribution is 2.60. The molecule has 2 aliphatic rings. The molecule has 1 fully saturated rings. The van der Waals surface area contributed by atoms with Gasteiger partial charge in [-0.1, -0.05) is 18.2 Å². The number of aliphatic hydroxyl groups excluding tert-OH is 1. The summed E-state index contributed by atoms with van der Waals surface area (Å²) < 4.78 is 0. The van der Waals surface area contributed by atoms with Crippen LogP contribution in [0.1, 0.15) is 6.42 Å². The highest BCUT2D eigenvalue weighted by molar-refractivity contribution is 8.09. The predicted molar refractivity (Wildman–Crippen MR) is 77.9 cm³/mol. The lowest BCUT2D eigenvalue weighted by Crippen LogP contribution is -2.24. The van der Waals surface area contributed by atoms with Gasteiger partial charge in [-0.25, -0.2) is 0 Å². The van der Waals surface area contributed by atoms with E-state index in [1.807, 2.05) is 36.4 Å². The van der Waals surface area contributed by atoms with E-state index in [-0.39, 0.29) is 11.9 Å². The number of allylic oxidation sites excluding steroid dienone is 1. The van der Waals surface area contributed by atoms with Crippen LogP contribution in [0.2, 0.25) is 0 Å². The van der Waals surface area contributed by atoms with Crippen LogP contribution >= 0.6 is 11.8 Å². The highest BCUT2D eigenvalue weighted by Gasteiger charge is 2.59. The van der Waals surface area contributed by atoms with Gasteiger partial charge in [-0.15, -0.1) is 22.0 Å². The molecule has 102 valence electrons. The lowest BCUT2D eigenvalue weighted by Gasteiger charge is -2.16. The molecule has 0 bridgehead atoms. The number of hydrogen-bond donors (Lipinski definition) is 2. The van der Waals surface area contributed by atoms with Crippen molar-refractivity contribution in [2.24, 2.45) is 0 Å². The summed E-state index contributed by atoms with van der Waals surface area (Å²) in [5.41, 5.74) is 3.30. The highest BCUT2D eigenvalue weighted by atomic mass is 32.2. The molecule has 2 atom stereocenters. The van der Waals surface area contributed by atoms with Gasteiger partial charge < -0.3 is 10.2 Å². The number of fused-ring (bicyclic) bond motifs is 2. The van der Waals surface area contributed by atoms with Crippen molar-refractivity contribution in [1.82, 2.24) is 15.0 Å². The van der Waals surface area contributed by atoms with Crippen LogP contribution in [0.3, 0.4) is 0 Å². The van der Waals surface area contributed by atoms with Crippen LogP contribution in [0, 0.1) is 0 Å². The Morgan fingerprint density at radius 2 is 1.95 bits per heavy atom. The Balaban J connectivity index is 1.81. The Kier molecular flexibility index (Phi) is 2.54. The van der Waals surface area contributed by atoms with E-state index >= 15 is 0 Å². The fourth-order valence-electron chi connectivity index (χ4n) is 2.49.